The third-order valence-electron chi connectivity index (χ3n) is 3.00. The van der Waals surface area contributed by atoms with Gasteiger partial charge < -0.3 is 9.15 Å². The molecule has 0 aliphatic carbocycles. The molecule has 2 rings (SSSR count). The van der Waals surface area contributed by atoms with Gasteiger partial charge in [-0.1, -0.05) is 25.1 Å². The molecule has 1 aromatic carbocycles. The van der Waals surface area contributed by atoms with Crippen LogP contribution in [-0.2, 0) is 16.0 Å². The highest BCUT2D eigenvalue weighted by Gasteiger charge is 2.16. The Labute approximate surface area is 123 Å². The highest BCUT2D eigenvalue weighted by Crippen LogP contribution is 2.28. The first-order chi connectivity index (χ1) is 10.1. The number of benzene rings is 1. The number of carbonyl (C=O) groups excluding carboxylic acids is 1. The molecule has 108 valence electrons. The molecule has 2 aromatic rings. The van der Waals surface area contributed by atoms with E-state index in [4.69, 9.17) is 9.15 Å². The van der Waals surface area contributed by atoms with Gasteiger partial charge in [0, 0.05) is 17.4 Å². The molecule has 0 N–H and O–H groups in total. The largest absolute Gasteiger partial charge is 0.460 e. The second-order valence-electron chi connectivity index (χ2n) is 4.91. The fourth-order valence-electron chi connectivity index (χ4n) is 2.10. The number of nitriles is 1. The van der Waals surface area contributed by atoms with Crippen molar-refractivity contribution in [2.75, 3.05) is 0 Å². The van der Waals surface area contributed by atoms with Gasteiger partial charge in [0.25, 0.3) is 0 Å². The van der Waals surface area contributed by atoms with Gasteiger partial charge >= 0.3 is 5.97 Å². The van der Waals surface area contributed by atoms with Crippen LogP contribution in [0.3, 0.4) is 0 Å². The van der Waals surface area contributed by atoms with Crippen molar-refractivity contribution in [3.63, 3.8) is 0 Å². The zero-order chi connectivity index (χ0) is 15.4. The Balaban J connectivity index is 2.52. The highest BCUT2D eigenvalue weighted by molar-refractivity contribution is 6.01. The number of aryl methyl sites for hydroxylation is 1. The summed E-state index contributed by atoms with van der Waals surface area (Å²) >= 11 is 0. The Bertz CT molecular complexity index is 732. The quantitative estimate of drug-likeness (QED) is 0.485. The number of nitrogens with zero attached hydrogens (tertiary/aromatic N) is 1. The molecule has 0 amide bonds. The molecule has 0 unspecified atom stereocenters. The normalized spacial score (nSPS) is 11.7. The minimum absolute atomic E-state index is 0.0232. The molecule has 0 atom stereocenters. The molecule has 1 heterocycles. The van der Waals surface area contributed by atoms with Gasteiger partial charge in [0.05, 0.1) is 6.10 Å². The summed E-state index contributed by atoms with van der Waals surface area (Å²) < 4.78 is 10.8. The molecular formula is C17H17NO3. The van der Waals surface area contributed by atoms with Crippen molar-refractivity contribution < 1.29 is 13.9 Å². The van der Waals surface area contributed by atoms with E-state index in [0.717, 1.165) is 22.3 Å². The van der Waals surface area contributed by atoms with E-state index in [0.29, 0.717) is 6.42 Å². The molecule has 21 heavy (non-hydrogen) atoms. The minimum Gasteiger partial charge on any atom is -0.460 e. The first kappa shape index (κ1) is 14.9. The fourth-order valence-corrected chi connectivity index (χ4v) is 2.10. The zero-order valence-corrected chi connectivity index (χ0v) is 12.3. The van der Waals surface area contributed by atoms with Gasteiger partial charge in [0.1, 0.15) is 23.0 Å². The molecule has 4 heteroatoms. The molecule has 0 spiro atoms. The number of hydrogen-bond donors (Lipinski definition) is 0. The Morgan fingerprint density at radius 1 is 1.43 bits per heavy atom. The number of esters is 1. The van der Waals surface area contributed by atoms with E-state index in [1.54, 1.807) is 19.9 Å². The van der Waals surface area contributed by atoms with Gasteiger partial charge in [-0.25, -0.2) is 4.79 Å². The Morgan fingerprint density at radius 2 is 2.14 bits per heavy atom. The van der Waals surface area contributed by atoms with Crippen molar-refractivity contribution in [3.05, 3.63) is 41.2 Å². The molecular weight excluding hydrogens is 266 g/mol. The molecule has 0 saturated heterocycles. The first-order valence-corrected chi connectivity index (χ1v) is 6.90. The van der Waals surface area contributed by atoms with Crippen molar-refractivity contribution in [2.45, 2.75) is 33.3 Å². The molecule has 0 aliphatic heterocycles. The lowest BCUT2D eigenvalue weighted by molar-refractivity contribution is -0.142. The number of rotatable bonds is 4. The van der Waals surface area contributed by atoms with Crippen LogP contribution in [-0.4, -0.2) is 12.1 Å². The summed E-state index contributed by atoms with van der Waals surface area (Å²) in [5.74, 6) is 0.140. The Kier molecular flexibility index (Phi) is 4.44. The number of carbonyl (C=O) groups is 1. The van der Waals surface area contributed by atoms with Gasteiger partial charge in [-0.2, -0.15) is 5.26 Å². The second-order valence-corrected chi connectivity index (χ2v) is 4.91. The average Bonchev–Trinajstić information content (AvgIpc) is 2.81. The van der Waals surface area contributed by atoms with Crippen LogP contribution in [0.5, 0.6) is 0 Å². The second kappa shape index (κ2) is 6.27. The van der Waals surface area contributed by atoms with Gasteiger partial charge in [0.2, 0.25) is 0 Å². The number of fused-ring (bicyclic) bond motifs is 1. The third kappa shape index (κ3) is 3.14. The molecule has 4 nitrogen and oxygen atoms in total. The standard InChI is InChI=1S/C17H17NO3/c1-4-15-14(13-7-5-6-8-16(13)21-15)9-12(10-18)17(19)20-11(2)3/h5-9,11H,4H2,1-3H3/b12-9+. The molecule has 1 aromatic heterocycles. The van der Waals surface area contributed by atoms with E-state index in [2.05, 4.69) is 0 Å². The van der Waals surface area contributed by atoms with Crippen LogP contribution in [0, 0.1) is 11.3 Å². The maximum atomic E-state index is 11.9. The van der Waals surface area contributed by atoms with E-state index in [1.807, 2.05) is 37.3 Å². The van der Waals surface area contributed by atoms with Crippen LogP contribution in [0.2, 0.25) is 0 Å². The van der Waals surface area contributed by atoms with E-state index in [9.17, 15) is 10.1 Å². The van der Waals surface area contributed by atoms with E-state index in [-0.39, 0.29) is 11.7 Å². The van der Waals surface area contributed by atoms with Crippen LogP contribution in [0.15, 0.2) is 34.3 Å². The van der Waals surface area contributed by atoms with Crippen LogP contribution >= 0.6 is 0 Å². The van der Waals surface area contributed by atoms with Crippen LogP contribution < -0.4 is 0 Å². The van der Waals surface area contributed by atoms with Crippen molar-refractivity contribution in [1.82, 2.24) is 0 Å². The fraction of sp³-hybridized carbons (Fsp3) is 0.294. The van der Waals surface area contributed by atoms with E-state index < -0.39 is 5.97 Å². The summed E-state index contributed by atoms with van der Waals surface area (Å²) in [6, 6.07) is 9.46. The molecule has 0 bridgehead atoms. The summed E-state index contributed by atoms with van der Waals surface area (Å²) in [5, 5.41) is 10.1. The lowest BCUT2D eigenvalue weighted by atomic mass is 10.1. The van der Waals surface area contributed by atoms with Crippen molar-refractivity contribution >= 4 is 23.0 Å². The average molecular weight is 283 g/mol. The van der Waals surface area contributed by atoms with Crippen molar-refractivity contribution in [1.29, 1.82) is 5.26 Å². The van der Waals surface area contributed by atoms with Gasteiger partial charge in [-0.3, -0.25) is 0 Å². The summed E-state index contributed by atoms with van der Waals surface area (Å²) in [7, 11) is 0. The number of para-hydroxylation sites is 1. The van der Waals surface area contributed by atoms with Gasteiger partial charge in [-0.15, -0.1) is 0 Å². The summed E-state index contributed by atoms with van der Waals surface area (Å²) in [6.07, 6.45) is 1.97. The lowest BCUT2D eigenvalue weighted by Gasteiger charge is -2.06. The number of ether oxygens (including phenoxy) is 1. The van der Waals surface area contributed by atoms with Crippen molar-refractivity contribution in [2.24, 2.45) is 0 Å². The van der Waals surface area contributed by atoms with Crippen LogP contribution in [0.25, 0.3) is 17.0 Å². The van der Waals surface area contributed by atoms with Gasteiger partial charge in [-0.05, 0) is 26.0 Å². The summed E-state index contributed by atoms with van der Waals surface area (Å²) in [6.45, 7) is 5.46. The van der Waals surface area contributed by atoms with Crippen LogP contribution in [0.1, 0.15) is 32.1 Å². The first-order valence-electron chi connectivity index (χ1n) is 6.90. The van der Waals surface area contributed by atoms with Crippen molar-refractivity contribution in [3.8, 4) is 6.07 Å². The topological polar surface area (TPSA) is 63.2 Å². The minimum atomic E-state index is -0.611. The smallest absolute Gasteiger partial charge is 0.349 e. The Morgan fingerprint density at radius 3 is 2.76 bits per heavy atom. The predicted molar refractivity (Wildman–Crippen MR) is 80.4 cm³/mol. The highest BCUT2D eigenvalue weighted by atomic mass is 16.5. The SMILES string of the molecule is CCc1oc2ccccc2c1/C=C(\C#N)C(=O)OC(C)C. The molecule has 0 fully saturated rings. The lowest BCUT2D eigenvalue weighted by Crippen LogP contribution is -2.12. The molecule has 0 radical (unpaired) electrons. The molecule has 0 saturated carbocycles. The third-order valence-corrected chi connectivity index (χ3v) is 3.00. The maximum absolute atomic E-state index is 11.9. The monoisotopic (exact) mass is 283 g/mol. The number of hydrogen-bond acceptors (Lipinski definition) is 4. The summed E-state index contributed by atoms with van der Waals surface area (Å²) in [5.41, 5.74) is 1.49. The molecule has 0 aliphatic rings. The Hall–Kier alpha value is -2.54. The van der Waals surface area contributed by atoms with Gasteiger partial charge in [0.15, 0.2) is 0 Å². The maximum Gasteiger partial charge on any atom is 0.349 e. The van der Waals surface area contributed by atoms with Crippen LogP contribution in [0.4, 0.5) is 0 Å². The predicted octanol–water partition coefficient (Wildman–Crippen LogP) is 3.85. The zero-order valence-electron chi connectivity index (χ0n) is 12.3. The van der Waals surface area contributed by atoms with E-state index >= 15 is 0 Å². The van der Waals surface area contributed by atoms with E-state index in [1.165, 1.54) is 0 Å². The summed E-state index contributed by atoms with van der Waals surface area (Å²) in [4.78, 5) is 11.9. The number of furan rings is 1.